The van der Waals surface area contributed by atoms with E-state index in [2.05, 4.69) is 37.6 Å². The number of nitrogens with two attached hydrogens (primary N) is 1. The van der Waals surface area contributed by atoms with Crippen LogP contribution in [-0.4, -0.2) is 14.8 Å². The van der Waals surface area contributed by atoms with Gasteiger partial charge in [-0.05, 0) is 31.5 Å². The van der Waals surface area contributed by atoms with Crippen LogP contribution in [0, 0.1) is 6.92 Å². The zero-order chi connectivity index (χ0) is 12.4. The second-order valence-corrected chi connectivity index (χ2v) is 4.91. The zero-order valence-corrected chi connectivity index (χ0v) is 11.5. The number of aryl methyl sites for hydroxylation is 1. The molecule has 90 valence electrons. The molecule has 0 fully saturated rings. The van der Waals surface area contributed by atoms with Gasteiger partial charge in [0, 0.05) is 22.3 Å². The molecule has 0 unspecified atom stereocenters. The first kappa shape index (κ1) is 12.1. The van der Waals surface area contributed by atoms with Gasteiger partial charge in [0.15, 0.2) is 5.82 Å². The number of halogens is 1. The van der Waals surface area contributed by atoms with Gasteiger partial charge in [0.1, 0.15) is 5.82 Å². The van der Waals surface area contributed by atoms with Crippen LogP contribution in [0.25, 0.3) is 11.4 Å². The molecule has 0 aliphatic carbocycles. The first-order valence-corrected chi connectivity index (χ1v) is 6.37. The van der Waals surface area contributed by atoms with E-state index in [0.29, 0.717) is 0 Å². The SMILES string of the molecule is CCCn1c(C)nnc1-c1cc(N)cc(Br)c1. The molecular weight excluding hydrogens is 280 g/mol. The van der Waals surface area contributed by atoms with Crippen molar-refractivity contribution in [3.63, 3.8) is 0 Å². The number of aromatic nitrogens is 3. The first-order chi connectivity index (χ1) is 8.11. The Kier molecular flexibility index (Phi) is 3.47. The second-order valence-electron chi connectivity index (χ2n) is 4.00. The van der Waals surface area contributed by atoms with Crippen LogP contribution in [0.5, 0.6) is 0 Å². The van der Waals surface area contributed by atoms with E-state index >= 15 is 0 Å². The van der Waals surface area contributed by atoms with E-state index in [1.807, 2.05) is 25.1 Å². The largest absolute Gasteiger partial charge is 0.399 e. The van der Waals surface area contributed by atoms with Gasteiger partial charge in [-0.1, -0.05) is 22.9 Å². The van der Waals surface area contributed by atoms with Crippen molar-refractivity contribution in [1.82, 2.24) is 14.8 Å². The van der Waals surface area contributed by atoms with Gasteiger partial charge in [-0.25, -0.2) is 0 Å². The monoisotopic (exact) mass is 294 g/mol. The van der Waals surface area contributed by atoms with Crippen LogP contribution in [0.2, 0.25) is 0 Å². The number of hydrogen-bond acceptors (Lipinski definition) is 3. The number of nitrogens with zero attached hydrogens (tertiary/aromatic N) is 3. The summed E-state index contributed by atoms with van der Waals surface area (Å²) in [6, 6.07) is 5.79. The molecule has 0 bridgehead atoms. The number of rotatable bonds is 3. The molecule has 1 heterocycles. The van der Waals surface area contributed by atoms with Gasteiger partial charge in [-0.2, -0.15) is 0 Å². The lowest BCUT2D eigenvalue weighted by atomic mass is 10.2. The molecule has 4 nitrogen and oxygen atoms in total. The van der Waals surface area contributed by atoms with Gasteiger partial charge in [0.25, 0.3) is 0 Å². The van der Waals surface area contributed by atoms with Crippen molar-refractivity contribution in [3.05, 3.63) is 28.5 Å². The van der Waals surface area contributed by atoms with Gasteiger partial charge in [0.05, 0.1) is 0 Å². The maximum Gasteiger partial charge on any atom is 0.164 e. The summed E-state index contributed by atoms with van der Waals surface area (Å²) in [5.74, 6) is 1.80. The minimum absolute atomic E-state index is 0.720. The lowest BCUT2D eigenvalue weighted by Gasteiger charge is -2.08. The summed E-state index contributed by atoms with van der Waals surface area (Å²) in [4.78, 5) is 0. The molecule has 5 heteroatoms. The standard InChI is InChI=1S/C12H15BrN4/c1-3-4-17-8(2)15-16-12(17)9-5-10(13)7-11(14)6-9/h5-7H,3-4,14H2,1-2H3. The average Bonchev–Trinajstić information content (AvgIpc) is 2.60. The molecule has 0 aliphatic rings. The maximum absolute atomic E-state index is 5.84. The zero-order valence-electron chi connectivity index (χ0n) is 9.94. The van der Waals surface area contributed by atoms with Crippen molar-refractivity contribution >= 4 is 21.6 Å². The predicted molar refractivity (Wildman–Crippen MR) is 72.6 cm³/mol. The van der Waals surface area contributed by atoms with Crippen LogP contribution < -0.4 is 5.73 Å². The quantitative estimate of drug-likeness (QED) is 0.886. The highest BCUT2D eigenvalue weighted by atomic mass is 79.9. The summed E-state index contributed by atoms with van der Waals surface area (Å²) < 4.78 is 3.07. The third-order valence-corrected chi connectivity index (χ3v) is 3.02. The summed E-state index contributed by atoms with van der Waals surface area (Å²) in [6.45, 7) is 5.02. The number of benzene rings is 1. The van der Waals surface area contributed by atoms with E-state index in [1.54, 1.807) is 0 Å². The molecule has 0 aliphatic heterocycles. The van der Waals surface area contributed by atoms with Crippen LogP contribution in [0.3, 0.4) is 0 Å². The summed E-state index contributed by atoms with van der Waals surface area (Å²) in [7, 11) is 0. The van der Waals surface area contributed by atoms with Crippen molar-refractivity contribution in [2.24, 2.45) is 0 Å². The maximum atomic E-state index is 5.84. The minimum Gasteiger partial charge on any atom is -0.399 e. The molecule has 1 aromatic carbocycles. The van der Waals surface area contributed by atoms with Crippen LogP contribution in [0.1, 0.15) is 19.2 Å². The third kappa shape index (κ3) is 2.49. The number of nitrogen functional groups attached to an aromatic ring is 1. The van der Waals surface area contributed by atoms with E-state index < -0.39 is 0 Å². The molecule has 0 radical (unpaired) electrons. The van der Waals surface area contributed by atoms with E-state index in [0.717, 1.165) is 40.3 Å². The Labute approximate surface area is 109 Å². The molecule has 0 saturated heterocycles. The molecule has 2 rings (SSSR count). The number of hydrogen-bond donors (Lipinski definition) is 1. The Balaban J connectivity index is 2.52. The summed E-state index contributed by atoms with van der Waals surface area (Å²) in [5, 5.41) is 8.35. The molecule has 0 atom stereocenters. The molecule has 1 aromatic heterocycles. The Bertz CT molecular complexity index is 513. The average molecular weight is 295 g/mol. The summed E-state index contributed by atoms with van der Waals surface area (Å²) in [6.07, 6.45) is 1.05. The summed E-state index contributed by atoms with van der Waals surface area (Å²) >= 11 is 3.44. The smallest absolute Gasteiger partial charge is 0.164 e. The lowest BCUT2D eigenvalue weighted by molar-refractivity contribution is 0.663. The fourth-order valence-electron chi connectivity index (χ4n) is 1.83. The van der Waals surface area contributed by atoms with Crippen LogP contribution in [-0.2, 0) is 6.54 Å². The van der Waals surface area contributed by atoms with E-state index in [1.165, 1.54) is 0 Å². The predicted octanol–water partition coefficient (Wildman–Crippen LogP) is 3.01. The van der Waals surface area contributed by atoms with E-state index in [9.17, 15) is 0 Å². The van der Waals surface area contributed by atoms with Crippen LogP contribution in [0.4, 0.5) is 5.69 Å². The molecule has 0 amide bonds. The first-order valence-electron chi connectivity index (χ1n) is 5.58. The normalized spacial score (nSPS) is 10.8. The highest BCUT2D eigenvalue weighted by Crippen LogP contribution is 2.25. The third-order valence-electron chi connectivity index (χ3n) is 2.56. The molecule has 17 heavy (non-hydrogen) atoms. The Morgan fingerprint density at radius 2 is 2.06 bits per heavy atom. The van der Waals surface area contributed by atoms with Crippen molar-refractivity contribution in [2.45, 2.75) is 26.8 Å². The van der Waals surface area contributed by atoms with E-state index in [-0.39, 0.29) is 0 Å². The highest BCUT2D eigenvalue weighted by molar-refractivity contribution is 9.10. The van der Waals surface area contributed by atoms with Crippen molar-refractivity contribution in [2.75, 3.05) is 5.73 Å². The van der Waals surface area contributed by atoms with Gasteiger partial charge >= 0.3 is 0 Å². The van der Waals surface area contributed by atoms with Gasteiger partial charge in [-0.3, -0.25) is 0 Å². The Morgan fingerprint density at radius 1 is 1.29 bits per heavy atom. The molecule has 2 N–H and O–H groups in total. The Hall–Kier alpha value is -1.36. The second kappa shape index (κ2) is 4.87. The fraction of sp³-hybridized carbons (Fsp3) is 0.333. The molecule has 0 spiro atoms. The van der Waals surface area contributed by atoms with Gasteiger partial charge < -0.3 is 10.3 Å². The molecule has 2 aromatic rings. The highest BCUT2D eigenvalue weighted by Gasteiger charge is 2.11. The van der Waals surface area contributed by atoms with Crippen molar-refractivity contribution in [1.29, 1.82) is 0 Å². The molecule has 0 saturated carbocycles. The summed E-state index contributed by atoms with van der Waals surface area (Å²) in [5.41, 5.74) is 7.55. The molecular formula is C12H15BrN4. The van der Waals surface area contributed by atoms with Crippen molar-refractivity contribution in [3.8, 4) is 11.4 Å². The van der Waals surface area contributed by atoms with Gasteiger partial charge in [-0.15, -0.1) is 10.2 Å². The van der Waals surface area contributed by atoms with E-state index in [4.69, 9.17) is 5.73 Å². The fourth-order valence-corrected chi connectivity index (χ4v) is 2.34. The van der Waals surface area contributed by atoms with Crippen molar-refractivity contribution < 1.29 is 0 Å². The number of anilines is 1. The van der Waals surface area contributed by atoms with Crippen LogP contribution >= 0.6 is 15.9 Å². The topological polar surface area (TPSA) is 56.7 Å². The minimum atomic E-state index is 0.720. The van der Waals surface area contributed by atoms with Crippen LogP contribution in [0.15, 0.2) is 22.7 Å². The Morgan fingerprint density at radius 3 is 2.71 bits per heavy atom. The lowest BCUT2D eigenvalue weighted by Crippen LogP contribution is -2.02. The van der Waals surface area contributed by atoms with Gasteiger partial charge in [0.2, 0.25) is 0 Å².